The van der Waals surface area contributed by atoms with Crippen LogP contribution < -0.4 is 5.73 Å². The standard InChI is InChI=1S/C16H11Cl2N5O2/c1-2-25-16(24)11-7-21-23-14(20)10(6-19)13(22-15(11)23)9-4-3-8(17)5-12(9)18/h3-5,7H,2,20H2,1H3. The van der Waals surface area contributed by atoms with Crippen molar-refractivity contribution in [2.75, 3.05) is 12.3 Å². The van der Waals surface area contributed by atoms with Gasteiger partial charge in [0, 0.05) is 10.6 Å². The molecule has 25 heavy (non-hydrogen) atoms. The maximum Gasteiger partial charge on any atom is 0.343 e. The third-order valence-corrected chi connectivity index (χ3v) is 4.02. The van der Waals surface area contributed by atoms with E-state index in [2.05, 4.69) is 10.1 Å². The number of nitrogens with zero attached hydrogens (tertiary/aromatic N) is 4. The fraction of sp³-hybridized carbons (Fsp3) is 0.125. The molecule has 0 saturated heterocycles. The Hall–Kier alpha value is -2.82. The van der Waals surface area contributed by atoms with Crippen LogP contribution in [0.25, 0.3) is 16.9 Å². The molecule has 0 fully saturated rings. The number of esters is 1. The van der Waals surface area contributed by atoms with Crippen molar-refractivity contribution < 1.29 is 9.53 Å². The number of anilines is 1. The van der Waals surface area contributed by atoms with Crippen LogP contribution in [-0.4, -0.2) is 27.2 Å². The first-order valence-electron chi connectivity index (χ1n) is 7.17. The molecule has 9 heteroatoms. The number of carbonyl (C=O) groups excluding carboxylic acids is 1. The van der Waals surface area contributed by atoms with Crippen LogP contribution >= 0.6 is 23.2 Å². The summed E-state index contributed by atoms with van der Waals surface area (Å²) < 4.78 is 6.21. The molecule has 0 unspecified atom stereocenters. The smallest absolute Gasteiger partial charge is 0.343 e. The normalized spacial score (nSPS) is 10.6. The number of hydrogen-bond donors (Lipinski definition) is 1. The molecule has 0 aliphatic heterocycles. The predicted octanol–water partition coefficient (Wildman–Crippen LogP) is 3.33. The molecule has 0 aliphatic carbocycles. The summed E-state index contributed by atoms with van der Waals surface area (Å²) in [5.74, 6) is -0.536. The van der Waals surface area contributed by atoms with Gasteiger partial charge in [-0.3, -0.25) is 0 Å². The highest BCUT2D eigenvalue weighted by Gasteiger charge is 2.22. The Labute approximate surface area is 152 Å². The van der Waals surface area contributed by atoms with Gasteiger partial charge in [0.1, 0.15) is 23.0 Å². The minimum absolute atomic E-state index is 0.0454. The van der Waals surface area contributed by atoms with Crippen LogP contribution in [0.15, 0.2) is 24.4 Å². The molecule has 1 aromatic carbocycles. The number of aromatic nitrogens is 3. The molecular weight excluding hydrogens is 365 g/mol. The predicted molar refractivity (Wildman–Crippen MR) is 93.5 cm³/mol. The fourth-order valence-electron chi connectivity index (χ4n) is 2.35. The summed E-state index contributed by atoms with van der Waals surface area (Å²) in [4.78, 5) is 16.5. The SMILES string of the molecule is CCOC(=O)c1cnn2c(N)c(C#N)c(-c3ccc(Cl)cc3Cl)nc12. The Bertz CT molecular complexity index is 1040. The summed E-state index contributed by atoms with van der Waals surface area (Å²) in [6, 6.07) is 6.78. The largest absolute Gasteiger partial charge is 0.462 e. The van der Waals surface area contributed by atoms with Gasteiger partial charge in [-0.2, -0.15) is 14.9 Å². The summed E-state index contributed by atoms with van der Waals surface area (Å²) in [5, 5.41) is 14.3. The molecule has 126 valence electrons. The summed E-state index contributed by atoms with van der Waals surface area (Å²) in [6.07, 6.45) is 1.30. The van der Waals surface area contributed by atoms with Gasteiger partial charge in [-0.05, 0) is 25.1 Å². The Morgan fingerprint density at radius 1 is 1.44 bits per heavy atom. The van der Waals surface area contributed by atoms with E-state index in [-0.39, 0.29) is 34.9 Å². The van der Waals surface area contributed by atoms with Gasteiger partial charge in [0.2, 0.25) is 0 Å². The van der Waals surface area contributed by atoms with Crippen LogP contribution in [-0.2, 0) is 4.74 Å². The molecule has 2 heterocycles. The van der Waals surface area contributed by atoms with E-state index in [0.29, 0.717) is 15.6 Å². The number of ether oxygens (including phenoxy) is 1. The van der Waals surface area contributed by atoms with Crippen molar-refractivity contribution in [3.63, 3.8) is 0 Å². The summed E-state index contributed by atoms with van der Waals surface area (Å²) in [5.41, 5.74) is 7.17. The molecule has 0 spiro atoms. The van der Waals surface area contributed by atoms with Crippen molar-refractivity contribution >= 4 is 40.6 Å². The van der Waals surface area contributed by atoms with E-state index >= 15 is 0 Å². The van der Waals surface area contributed by atoms with E-state index in [1.54, 1.807) is 19.1 Å². The second-order valence-corrected chi connectivity index (χ2v) is 5.81. The number of halogens is 2. The summed E-state index contributed by atoms with van der Waals surface area (Å²) in [7, 11) is 0. The minimum atomic E-state index is -0.581. The minimum Gasteiger partial charge on any atom is -0.462 e. The van der Waals surface area contributed by atoms with Crippen molar-refractivity contribution in [1.82, 2.24) is 14.6 Å². The van der Waals surface area contributed by atoms with Crippen LogP contribution in [0.5, 0.6) is 0 Å². The topological polar surface area (TPSA) is 106 Å². The quantitative estimate of drug-likeness (QED) is 0.703. The highest BCUT2D eigenvalue weighted by molar-refractivity contribution is 6.36. The number of hydrogen-bond acceptors (Lipinski definition) is 6. The first-order valence-corrected chi connectivity index (χ1v) is 7.93. The molecule has 0 bridgehead atoms. The molecule has 0 atom stereocenters. The van der Waals surface area contributed by atoms with Crippen molar-refractivity contribution in [1.29, 1.82) is 5.26 Å². The van der Waals surface area contributed by atoms with Crippen molar-refractivity contribution in [2.45, 2.75) is 6.92 Å². The fourth-order valence-corrected chi connectivity index (χ4v) is 2.85. The van der Waals surface area contributed by atoms with E-state index in [9.17, 15) is 10.1 Å². The van der Waals surface area contributed by atoms with Crippen LogP contribution in [0.2, 0.25) is 10.0 Å². The Morgan fingerprint density at radius 3 is 2.84 bits per heavy atom. The van der Waals surface area contributed by atoms with Crippen LogP contribution in [0, 0.1) is 11.3 Å². The molecule has 0 radical (unpaired) electrons. The maximum atomic E-state index is 12.1. The lowest BCUT2D eigenvalue weighted by atomic mass is 10.1. The monoisotopic (exact) mass is 375 g/mol. The zero-order valence-electron chi connectivity index (χ0n) is 13.0. The summed E-state index contributed by atoms with van der Waals surface area (Å²) >= 11 is 12.2. The molecule has 7 nitrogen and oxygen atoms in total. The van der Waals surface area contributed by atoms with Crippen molar-refractivity contribution in [3.8, 4) is 17.3 Å². The molecule has 0 aliphatic rings. The van der Waals surface area contributed by atoms with E-state index < -0.39 is 5.97 Å². The first kappa shape index (κ1) is 17.0. The van der Waals surface area contributed by atoms with Gasteiger partial charge in [-0.15, -0.1) is 0 Å². The number of nitrogen functional groups attached to an aromatic ring is 1. The molecule has 0 amide bonds. The number of carbonyl (C=O) groups is 1. The Kier molecular flexibility index (Phi) is 4.49. The number of benzene rings is 1. The van der Waals surface area contributed by atoms with Gasteiger partial charge >= 0.3 is 5.97 Å². The zero-order valence-corrected chi connectivity index (χ0v) is 14.5. The molecule has 3 aromatic rings. The molecule has 0 saturated carbocycles. The van der Waals surface area contributed by atoms with Crippen LogP contribution in [0.4, 0.5) is 5.82 Å². The lowest BCUT2D eigenvalue weighted by Crippen LogP contribution is -2.09. The third kappa shape index (κ3) is 2.86. The van der Waals surface area contributed by atoms with Crippen molar-refractivity contribution in [2.24, 2.45) is 0 Å². The van der Waals surface area contributed by atoms with Gasteiger partial charge < -0.3 is 10.5 Å². The van der Waals surface area contributed by atoms with E-state index in [1.165, 1.54) is 16.8 Å². The average molecular weight is 376 g/mol. The second-order valence-electron chi connectivity index (χ2n) is 4.97. The van der Waals surface area contributed by atoms with Crippen molar-refractivity contribution in [3.05, 3.63) is 45.6 Å². The van der Waals surface area contributed by atoms with E-state index in [0.717, 1.165) is 0 Å². The highest BCUT2D eigenvalue weighted by atomic mass is 35.5. The van der Waals surface area contributed by atoms with Crippen LogP contribution in [0.3, 0.4) is 0 Å². The number of nitrogens with two attached hydrogens (primary N) is 1. The van der Waals surface area contributed by atoms with Gasteiger partial charge in [0.05, 0.1) is 23.5 Å². The summed E-state index contributed by atoms with van der Waals surface area (Å²) in [6.45, 7) is 1.90. The Morgan fingerprint density at radius 2 is 2.20 bits per heavy atom. The number of fused-ring (bicyclic) bond motifs is 1. The van der Waals surface area contributed by atoms with Gasteiger partial charge in [-0.1, -0.05) is 23.2 Å². The molecule has 2 N–H and O–H groups in total. The van der Waals surface area contributed by atoms with Gasteiger partial charge in [0.25, 0.3) is 0 Å². The first-order chi connectivity index (χ1) is 12.0. The zero-order chi connectivity index (χ0) is 18.1. The van der Waals surface area contributed by atoms with Gasteiger partial charge in [-0.25, -0.2) is 9.78 Å². The third-order valence-electron chi connectivity index (χ3n) is 3.48. The van der Waals surface area contributed by atoms with E-state index in [1.807, 2.05) is 6.07 Å². The van der Waals surface area contributed by atoms with Crippen LogP contribution in [0.1, 0.15) is 22.8 Å². The molecule has 3 rings (SSSR count). The second kappa shape index (κ2) is 6.59. The maximum absolute atomic E-state index is 12.1. The van der Waals surface area contributed by atoms with Gasteiger partial charge in [0.15, 0.2) is 5.65 Å². The lowest BCUT2D eigenvalue weighted by molar-refractivity contribution is 0.0528. The molecular formula is C16H11Cl2N5O2. The number of nitriles is 1. The average Bonchev–Trinajstić information content (AvgIpc) is 2.99. The lowest BCUT2D eigenvalue weighted by Gasteiger charge is -2.10. The molecule has 2 aromatic heterocycles. The Balaban J connectivity index is 2.33. The number of rotatable bonds is 3. The van der Waals surface area contributed by atoms with E-state index in [4.69, 9.17) is 33.7 Å². The highest BCUT2D eigenvalue weighted by Crippen LogP contribution is 2.34.